The summed E-state index contributed by atoms with van der Waals surface area (Å²) in [5, 5.41) is 21.8. The maximum Gasteiger partial charge on any atom is 0.441 e. The van der Waals surface area contributed by atoms with Crippen molar-refractivity contribution >= 4 is 23.3 Å². The van der Waals surface area contributed by atoms with E-state index in [0.717, 1.165) is 6.07 Å². The quantitative estimate of drug-likeness (QED) is 0.509. The first-order chi connectivity index (χ1) is 8.83. The summed E-state index contributed by atoms with van der Waals surface area (Å²) in [6.45, 7) is -0.0279. The van der Waals surface area contributed by atoms with Crippen molar-refractivity contribution in [3.05, 3.63) is 27.9 Å². The van der Waals surface area contributed by atoms with E-state index in [1.54, 1.807) is 6.07 Å². The van der Waals surface area contributed by atoms with Crippen LogP contribution >= 0.6 is 11.8 Å². The van der Waals surface area contributed by atoms with Crippen LogP contribution in [-0.4, -0.2) is 27.7 Å². The largest absolute Gasteiger partial charge is 0.441 e. The van der Waals surface area contributed by atoms with Crippen molar-refractivity contribution in [3.63, 3.8) is 0 Å². The molecule has 0 atom stereocenters. The molecular weight excluding hydrogens is 285 g/mol. The van der Waals surface area contributed by atoms with E-state index < -0.39 is 21.8 Å². The fourth-order valence-corrected chi connectivity index (χ4v) is 1.56. The molecule has 0 aromatic carbocycles. The molecule has 0 spiro atoms. The maximum atomic E-state index is 11.8. The first-order valence-corrected chi connectivity index (χ1v) is 5.82. The van der Waals surface area contributed by atoms with Gasteiger partial charge in [-0.1, -0.05) is 0 Å². The fraction of sp³-hybridized carbons (Fsp3) is 0.333. The number of nitrogens with one attached hydrogen (secondary N) is 1. The Kier molecular flexibility index (Phi) is 4.94. The first-order valence-electron chi connectivity index (χ1n) is 4.83. The average Bonchev–Trinajstić information content (AvgIpc) is 2.33. The third-order valence-electron chi connectivity index (χ3n) is 1.85. The van der Waals surface area contributed by atoms with Gasteiger partial charge in [0.25, 0.3) is 0 Å². The lowest BCUT2D eigenvalue weighted by Gasteiger charge is -2.07. The first kappa shape index (κ1) is 15.0. The van der Waals surface area contributed by atoms with Crippen molar-refractivity contribution < 1.29 is 18.1 Å². The highest BCUT2D eigenvalue weighted by Crippen LogP contribution is 2.29. The summed E-state index contributed by atoms with van der Waals surface area (Å²) in [6, 6.07) is 3.86. The van der Waals surface area contributed by atoms with E-state index in [-0.39, 0.29) is 29.9 Å². The summed E-state index contributed by atoms with van der Waals surface area (Å²) in [5.41, 5.74) is -5.14. The van der Waals surface area contributed by atoms with Gasteiger partial charge < -0.3 is 5.32 Å². The highest BCUT2D eigenvalue weighted by molar-refractivity contribution is 8.00. The van der Waals surface area contributed by atoms with Crippen LogP contribution in [0.5, 0.6) is 0 Å². The second kappa shape index (κ2) is 6.24. The molecule has 0 unspecified atom stereocenters. The highest BCUT2D eigenvalue weighted by Gasteiger charge is 2.27. The molecule has 0 aliphatic heterocycles. The molecule has 0 bridgehead atoms. The van der Waals surface area contributed by atoms with E-state index in [0.29, 0.717) is 0 Å². The second-order valence-corrected chi connectivity index (χ2v) is 4.31. The van der Waals surface area contributed by atoms with E-state index in [2.05, 4.69) is 10.3 Å². The molecule has 6 nitrogen and oxygen atoms in total. The molecular formula is C9H7F3N4O2S. The Morgan fingerprint density at radius 2 is 2.21 bits per heavy atom. The van der Waals surface area contributed by atoms with Gasteiger partial charge in [0, 0.05) is 18.4 Å². The molecule has 1 aromatic rings. The number of hydrogen-bond acceptors (Lipinski definition) is 6. The topological polar surface area (TPSA) is 91.8 Å². The molecule has 1 N–H and O–H groups in total. The maximum absolute atomic E-state index is 11.8. The molecule has 0 amide bonds. The smallest absolute Gasteiger partial charge is 0.369 e. The lowest BCUT2D eigenvalue weighted by atomic mass is 10.3. The zero-order valence-electron chi connectivity index (χ0n) is 9.27. The molecule has 19 heavy (non-hydrogen) atoms. The molecule has 0 radical (unpaired) electrons. The second-order valence-electron chi connectivity index (χ2n) is 3.15. The number of halogens is 3. The van der Waals surface area contributed by atoms with E-state index >= 15 is 0 Å². The van der Waals surface area contributed by atoms with Crippen LogP contribution in [0.15, 0.2) is 12.1 Å². The Balaban J connectivity index is 2.61. The monoisotopic (exact) mass is 292 g/mol. The van der Waals surface area contributed by atoms with Crippen LogP contribution < -0.4 is 5.32 Å². The summed E-state index contributed by atoms with van der Waals surface area (Å²) >= 11 is -0.193. The number of nitriles is 1. The van der Waals surface area contributed by atoms with Crippen LogP contribution in [0.25, 0.3) is 0 Å². The fourth-order valence-electron chi connectivity index (χ4n) is 1.13. The third kappa shape index (κ3) is 5.01. The van der Waals surface area contributed by atoms with Crippen molar-refractivity contribution in [2.75, 3.05) is 17.6 Å². The van der Waals surface area contributed by atoms with Crippen LogP contribution in [0.4, 0.5) is 24.7 Å². The van der Waals surface area contributed by atoms with Gasteiger partial charge in [-0.3, -0.25) is 10.1 Å². The average molecular weight is 292 g/mol. The molecule has 0 fully saturated rings. The van der Waals surface area contributed by atoms with Crippen LogP contribution in [0.2, 0.25) is 0 Å². The minimum atomic E-state index is -4.30. The number of nitrogens with zero attached hydrogens (tertiary/aromatic N) is 3. The van der Waals surface area contributed by atoms with Crippen molar-refractivity contribution in [3.8, 4) is 6.07 Å². The molecule has 0 saturated heterocycles. The summed E-state index contributed by atoms with van der Waals surface area (Å²) in [6.07, 6.45) is 0. The molecule has 1 heterocycles. The van der Waals surface area contributed by atoms with Crippen molar-refractivity contribution in [2.24, 2.45) is 0 Å². The minimum Gasteiger partial charge on any atom is -0.369 e. The summed E-state index contributed by atoms with van der Waals surface area (Å²) < 4.78 is 35.5. The van der Waals surface area contributed by atoms with Gasteiger partial charge >= 0.3 is 11.2 Å². The van der Waals surface area contributed by atoms with Gasteiger partial charge in [0.2, 0.25) is 5.69 Å². The number of nitro groups is 1. The van der Waals surface area contributed by atoms with Crippen molar-refractivity contribution in [1.29, 1.82) is 5.26 Å². The van der Waals surface area contributed by atoms with Gasteiger partial charge in [0.15, 0.2) is 0 Å². The normalized spacial score (nSPS) is 10.8. The molecule has 1 rings (SSSR count). The number of rotatable bonds is 5. The van der Waals surface area contributed by atoms with Crippen LogP contribution in [-0.2, 0) is 0 Å². The van der Waals surface area contributed by atoms with Gasteiger partial charge in [-0.05, 0) is 17.8 Å². The van der Waals surface area contributed by atoms with Crippen molar-refractivity contribution in [1.82, 2.24) is 4.98 Å². The van der Waals surface area contributed by atoms with Crippen LogP contribution in [0.1, 0.15) is 5.69 Å². The minimum absolute atomic E-state index is 0.0279. The molecule has 10 heteroatoms. The molecule has 0 aliphatic rings. The van der Waals surface area contributed by atoms with E-state index in [1.807, 2.05) is 0 Å². The summed E-state index contributed by atoms with van der Waals surface area (Å²) in [7, 11) is 0. The Morgan fingerprint density at radius 1 is 1.53 bits per heavy atom. The number of hydrogen-bond donors (Lipinski definition) is 1. The number of alkyl halides is 3. The lowest BCUT2D eigenvalue weighted by Crippen LogP contribution is -2.10. The van der Waals surface area contributed by atoms with Crippen molar-refractivity contribution in [2.45, 2.75) is 5.51 Å². The van der Waals surface area contributed by atoms with E-state index in [9.17, 15) is 23.3 Å². The number of pyridine rings is 1. The Hall–Kier alpha value is -2.02. The summed E-state index contributed by atoms with van der Waals surface area (Å²) in [5.74, 6) is -0.116. The Labute approximate surface area is 109 Å². The van der Waals surface area contributed by atoms with Gasteiger partial charge in [-0.25, -0.2) is 4.98 Å². The van der Waals surface area contributed by atoms with Gasteiger partial charge in [0.1, 0.15) is 11.9 Å². The summed E-state index contributed by atoms with van der Waals surface area (Å²) in [4.78, 5) is 13.4. The van der Waals surface area contributed by atoms with E-state index in [1.165, 1.54) is 6.07 Å². The van der Waals surface area contributed by atoms with Crippen LogP contribution in [0, 0.1) is 21.4 Å². The van der Waals surface area contributed by atoms with E-state index in [4.69, 9.17) is 5.26 Å². The van der Waals surface area contributed by atoms with Gasteiger partial charge in [-0.2, -0.15) is 18.4 Å². The molecule has 0 saturated carbocycles. The van der Waals surface area contributed by atoms with Gasteiger partial charge in [-0.15, -0.1) is 0 Å². The number of anilines is 1. The third-order valence-corrected chi connectivity index (χ3v) is 2.59. The highest BCUT2D eigenvalue weighted by atomic mass is 32.2. The predicted molar refractivity (Wildman–Crippen MR) is 62.6 cm³/mol. The number of thioether (sulfide) groups is 1. The standard InChI is InChI=1S/C9H7F3N4O2S/c10-9(11,12)19-4-3-14-8-2-1-7(16(17)18)6(5-13)15-8/h1-2H,3-4H2,(H,14,15). The molecule has 1 aromatic heterocycles. The zero-order chi connectivity index (χ0) is 14.5. The molecule has 102 valence electrons. The predicted octanol–water partition coefficient (Wildman–Crippen LogP) is 2.53. The Morgan fingerprint density at radius 3 is 2.74 bits per heavy atom. The SMILES string of the molecule is N#Cc1nc(NCCSC(F)(F)F)ccc1[N+](=O)[O-]. The molecule has 0 aliphatic carbocycles. The van der Waals surface area contributed by atoms with Crippen LogP contribution in [0.3, 0.4) is 0 Å². The number of aromatic nitrogens is 1. The Bertz CT molecular complexity index is 515. The zero-order valence-corrected chi connectivity index (χ0v) is 10.1. The van der Waals surface area contributed by atoms with Gasteiger partial charge in [0.05, 0.1) is 4.92 Å². The lowest BCUT2D eigenvalue weighted by molar-refractivity contribution is -0.385.